The molecule has 5 rings (SSSR count). The van der Waals surface area contributed by atoms with Crippen molar-refractivity contribution in [3.05, 3.63) is 46.6 Å². The molecular formula is C29H38N2O4. The van der Waals surface area contributed by atoms with E-state index >= 15 is 0 Å². The molecule has 0 spiro atoms. The molecule has 2 aliphatic rings. The van der Waals surface area contributed by atoms with Gasteiger partial charge in [-0.3, -0.25) is 4.79 Å². The first-order valence-electron chi connectivity index (χ1n) is 13.5. The van der Waals surface area contributed by atoms with E-state index in [1.807, 2.05) is 36.4 Å². The fraction of sp³-hybridized carbons (Fsp3) is 0.552. The summed E-state index contributed by atoms with van der Waals surface area (Å²) in [6.07, 6.45) is 9.95. The van der Waals surface area contributed by atoms with Crippen LogP contribution < -0.4 is 14.9 Å². The van der Waals surface area contributed by atoms with Crippen molar-refractivity contribution < 1.29 is 13.9 Å². The van der Waals surface area contributed by atoms with Gasteiger partial charge in [0, 0.05) is 25.2 Å². The van der Waals surface area contributed by atoms with Gasteiger partial charge >= 0.3 is 0 Å². The van der Waals surface area contributed by atoms with Crippen LogP contribution in [0.2, 0.25) is 0 Å². The first-order chi connectivity index (χ1) is 17.3. The highest BCUT2D eigenvalue weighted by molar-refractivity contribution is 5.90. The van der Waals surface area contributed by atoms with E-state index in [0.717, 1.165) is 37.4 Å². The number of rotatable bonds is 10. The standard InChI is InChI=1S/C29H38N2O4/c32-29-25-11-9-23(33-19-7-17-30-13-3-1-4-14-30)21-27(25)35-28-22-24(10-12-26(28)29)34-20-8-18-31-15-5-2-6-16-31/h9-12,21-22H,1-8,13-20H2. The van der Waals surface area contributed by atoms with Crippen LogP contribution in [0.4, 0.5) is 0 Å². The minimum absolute atomic E-state index is 0.0189. The molecule has 0 radical (unpaired) electrons. The monoisotopic (exact) mass is 478 g/mol. The molecule has 3 aromatic rings. The Balaban J connectivity index is 1.19. The van der Waals surface area contributed by atoms with Crippen molar-refractivity contribution in [2.45, 2.75) is 51.4 Å². The fourth-order valence-electron chi connectivity index (χ4n) is 5.31. The highest BCUT2D eigenvalue weighted by Crippen LogP contribution is 2.26. The lowest BCUT2D eigenvalue weighted by molar-refractivity contribution is 0.205. The van der Waals surface area contributed by atoms with Crippen LogP contribution in [-0.4, -0.2) is 62.3 Å². The Labute approximate surface area is 207 Å². The van der Waals surface area contributed by atoms with Gasteiger partial charge in [-0.1, -0.05) is 12.8 Å². The first-order valence-corrected chi connectivity index (χ1v) is 13.5. The van der Waals surface area contributed by atoms with Crippen molar-refractivity contribution in [1.82, 2.24) is 9.80 Å². The lowest BCUT2D eigenvalue weighted by atomic mass is 10.1. The summed E-state index contributed by atoms with van der Waals surface area (Å²) in [5, 5.41) is 1.15. The van der Waals surface area contributed by atoms with Gasteiger partial charge in [-0.15, -0.1) is 0 Å². The van der Waals surface area contributed by atoms with Crippen molar-refractivity contribution in [3.8, 4) is 11.5 Å². The number of nitrogens with zero attached hydrogens (tertiary/aromatic N) is 2. The van der Waals surface area contributed by atoms with Crippen molar-refractivity contribution in [1.29, 1.82) is 0 Å². The molecule has 2 fully saturated rings. The third-order valence-electron chi connectivity index (χ3n) is 7.29. The molecule has 0 N–H and O–H groups in total. The van der Waals surface area contributed by atoms with Gasteiger partial charge in [0.1, 0.15) is 22.7 Å². The van der Waals surface area contributed by atoms with Gasteiger partial charge < -0.3 is 23.7 Å². The highest BCUT2D eigenvalue weighted by atomic mass is 16.5. The number of hydrogen-bond donors (Lipinski definition) is 0. The normalized spacial score (nSPS) is 17.7. The van der Waals surface area contributed by atoms with Crippen LogP contribution in [-0.2, 0) is 0 Å². The van der Waals surface area contributed by atoms with Gasteiger partial charge in [0.15, 0.2) is 0 Å². The van der Waals surface area contributed by atoms with Crippen molar-refractivity contribution in [3.63, 3.8) is 0 Å². The summed E-state index contributed by atoms with van der Waals surface area (Å²) in [6, 6.07) is 11.0. The molecule has 6 heteroatoms. The average molecular weight is 479 g/mol. The molecule has 1 aromatic heterocycles. The van der Waals surface area contributed by atoms with E-state index in [0.29, 0.717) is 35.2 Å². The molecule has 2 aliphatic heterocycles. The fourth-order valence-corrected chi connectivity index (χ4v) is 5.31. The zero-order valence-corrected chi connectivity index (χ0v) is 20.8. The van der Waals surface area contributed by atoms with Crippen molar-refractivity contribution >= 4 is 21.9 Å². The number of ether oxygens (including phenoxy) is 2. The van der Waals surface area contributed by atoms with E-state index in [1.54, 1.807) is 0 Å². The van der Waals surface area contributed by atoms with Gasteiger partial charge in [-0.05, 0) is 89.0 Å². The van der Waals surface area contributed by atoms with Gasteiger partial charge in [0.05, 0.1) is 24.0 Å². The van der Waals surface area contributed by atoms with E-state index < -0.39 is 0 Å². The van der Waals surface area contributed by atoms with E-state index in [9.17, 15) is 4.79 Å². The van der Waals surface area contributed by atoms with Crippen LogP contribution >= 0.6 is 0 Å². The number of hydrogen-bond acceptors (Lipinski definition) is 6. The van der Waals surface area contributed by atoms with Gasteiger partial charge in [0.2, 0.25) is 5.43 Å². The molecule has 0 unspecified atom stereocenters. The molecule has 188 valence electrons. The van der Waals surface area contributed by atoms with Gasteiger partial charge in [-0.2, -0.15) is 0 Å². The highest BCUT2D eigenvalue weighted by Gasteiger charge is 2.12. The molecule has 6 nitrogen and oxygen atoms in total. The predicted molar refractivity (Wildman–Crippen MR) is 141 cm³/mol. The summed E-state index contributed by atoms with van der Waals surface area (Å²) >= 11 is 0. The maximum atomic E-state index is 13.0. The lowest BCUT2D eigenvalue weighted by Crippen LogP contribution is -2.31. The number of piperidine rings is 2. The Morgan fingerprint density at radius 2 is 1.11 bits per heavy atom. The molecule has 3 heterocycles. The van der Waals surface area contributed by atoms with E-state index in [2.05, 4.69) is 9.80 Å². The minimum atomic E-state index is -0.0189. The quantitative estimate of drug-likeness (QED) is 0.285. The molecule has 2 saturated heterocycles. The first kappa shape index (κ1) is 24.1. The molecule has 2 aromatic carbocycles. The molecule has 0 amide bonds. The minimum Gasteiger partial charge on any atom is -0.493 e. The summed E-state index contributed by atoms with van der Waals surface area (Å²) in [7, 11) is 0. The van der Waals surface area contributed by atoms with Crippen LogP contribution in [0.3, 0.4) is 0 Å². The summed E-state index contributed by atoms with van der Waals surface area (Å²) in [5.74, 6) is 1.48. The Kier molecular flexibility index (Phi) is 8.22. The Hall–Kier alpha value is -2.57. The Morgan fingerprint density at radius 1 is 0.657 bits per heavy atom. The largest absolute Gasteiger partial charge is 0.493 e. The summed E-state index contributed by atoms with van der Waals surface area (Å²) in [5.41, 5.74) is 1.09. The summed E-state index contributed by atoms with van der Waals surface area (Å²) in [6.45, 7) is 8.31. The zero-order chi connectivity index (χ0) is 23.9. The van der Waals surface area contributed by atoms with Crippen LogP contribution in [0.15, 0.2) is 45.6 Å². The van der Waals surface area contributed by atoms with Gasteiger partial charge in [0.25, 0.3) is 0 Å². The number of benzene rings is 2. The summed E-state index contributed by atoms with van der Waals surface area (Å²) in [4.78, 5) is 18.1. The maximum absolute atomic E-state index is 13.0. The zero-order valence-electron chi connectivity index (χ0n) is 20.8. The Morgan fingerprint density at radius 3 is 1.57 bits per heavy atom. The molecular weight excluding hydrogens is 440 g/mol. The van der Waals surface area contributed by atoms with Gasteiger partial charge in [-0.25, -0.2) is 0 Å². The van der Waals surface area contributed by atoms with Crippen LogP contribution in [0.5, 0.6) is 11.5 Å². The van der Waals surface area contributed by atoms with E-state index in [4.69, 9.17) is 13.9 Å². The SMILES string of the molecule is O=c1c2ccc(OCCCN3CCCCC3)cc2oc2cc(OCCCN3CCCCC3)ccc12. The smallest absolute Gasteiger partial charge is 0.200 e. The van der Waals surface area contributed by atoms with Crippen molar-refractivity contribution in [2.24, 2.45) is 0 Å². The van der Waals surface area contributed by atoms with Crippen LogP contribution in [0.1, 0.15) is 51.4 Å². The van der Waals surface area contributed by atoms with Crippen LogP contribution in [0.25, 0.3) is 21.9 Å². The second-order valence-corrected chi connectivity index (χ2v) is 9.96. The van der Waals surface area contributed by atoms with E-state index in [-0.39, 0.29) is 5.43 Å². The topological polar surface area (TPSA) is 55.1 Å². The third kappa shape index (κ3) is 6.36. The van der Waals surface area contributed by atoms with E-state index in [1.165, 1.54) is 64.7 Å². The maximum Gasteiger partial charge on any atom is 0.200 e. The molecule has 0 aliphatic carbocycles. The molecule has 35 heavy (non-hydrogen) atoms. The lowest BCUT2D eigenvalue weighted by Gasteiger charge is -2.26. The predicted octanol–water partition coefficient (Wildman–Crippen LogP) is 5.46. The third-order valence-corrected chi connectivity index (χ3v) is 7.29. The second kappa shape index (κ2) is 11.9. The Bertz CT molecular complexity index is 1080. The molecule has 0 bridgehead atoms. The number of likely N-dealkylation sites (tertiary alicyclic amines) is 2. The van der Waals surface area contributed by atoms with Crippen LogP contribution in [0, 0.1) is 0 Å². The second-order valence-electron chi connectivity index (χ2n) is 9.96. The average Bonchev–Trinajstić information content (AvgIpc) is 2.90. The summed E-state index contributed by atoms with van der Waals surface area (Å²) < 4.78 is 18.1. The molecule has 0 atom stereocenters. The van der Waals surface area contributed by atoms with Crippen molar-refractivity contribution in [2.75, 3.05) is 52.5 Å². The molecule has 0 saturated carbocycles. The number of fused-ring (bicyclic) bond motifs is 2.